The molecule has 0 radical (unpaired) electrons. The molecule has 0 aliphatic carbocycles. The Kier molecular flexibility index (Phi) is 5.83. The van der Waals surface area contributed by atoms with E-state index in [2.05, 4.69) is 15.5 Å². The van der Waals surface area contributed by atoms with Crippen molar-refractivity contribution in [2.75, 3.05) is 17.3 Å². The van der Waals surface area contributed by atoms with E-state index in [1.54, 1.807) is 24.3 Å². The average Bonchev–Trinajstić information content (AvgIpc) is 3.29. The number of aromatic nitrogens is 3. The molecule has 0 bridgehead atoms. The molecule has 0 spiro atoms. The summed E-state index contributed by atoms with van der Waals surface area (Å²) in [6.07, 6.45) is 5.26. The number of carbonyl (C=O) groups excluding carboxylic acids is 1. The first-order valence-electron chi connectivity index (χ1n) is 7.73. The Labute approximate surface area is 154 Å². The van der Waals surface area contributed by atoms with Crippen LogP contribution in [0.15, 0.2) is 57.3 Å². The molecule has 1 amide bonds. The van der Waals surface area contributed by atoms with Crippen LogP contribution >= 0.6 is 23.5 Å². The number of furan rings is 1. The maximum absolute atomic E-state index is 12.2. The molecule has 0 aliphatic rings. The van der Waals surface area contributed by atoms with Crippen LogP contribution in [0.3, 0.4) is 0 Å². The lowest BCUT2D eigenvalue weighted by atomic mass is 10.3. The van der Waals surface area contributed by atoms with Gasteiger partial charge in [0.05, 0.1) is 17.6 Å². The second-order valence-corrected chi connectivity index (χ2v) is 6.95. The summed E-state index contributed by atoms with van der Waals surface area (Å²) in [5, 5.41) is 12.0. The van der Waals surface area contributed by atoms with E-state index in [0.717, 1.165) is 22.0 Å². The third-order valence-corrected chi connectivity index (χ3v) is 5.23. The second-order valence-electron chi connectivity index (χ2n) is 5.13. The predicted molar refractivity (Wildman–Crippen MR) is 101 cm³/mol. The molecule has 25 heavy (non-hydrogen) atoms. The summed E-state index contributed by atoms with van der Waals surface area (Å²) in [6, 6.07) is 9.62. The molecule has 0 atom stereocenters. The Balaban J connectivity index is 1.62. The van der Waals surface area contributed by atoms with E-state index in [9.17, 15) is 4.79 Å². The number of rotatable bonds is 7. The third-order valence-electron chi connectivity index (χ3n) is 3.52. The lowest BCUT2D eigenvalue weighted by molar-refractivity contribution is -0.113. The molecular weight excluding hydrogens is 356 g/mol. The number of thioether (sulfide) groups is 2. The number of nitrogens with one attached hydrogen (secondary N) is 1. The van der Waals surface area contributed by atoms with E-state index in [1.807, 2.05) is 48.1 Å². The van der Waals surface area contributed by atoms with Gasteiger partial charge in [0.2, 0.25) is 5.91 Å². The van der Waals surface area contributed by atoms with Crippen LogP contribution in [-0.4, -0.2) is 32.7 Å². The van der Waals surface area contributed by atoms with Gasteiger partial charge in [0.1, 0.15) is 6.26 Å². The molecule has 3 rings (SSSR count). The van der Waals surface area contributed by atoms with Gasteiger partial charge in [0.15, 0.2) is 11.0 Å². The van der Waals surface area contributed by atoms with Crippen molar-refractivity contribution in [3.05, 3.63) is 42.9 Å². The van der Waals surface area contributed by atoms with Crippen LogP contribution in [-0.2, 0) is 11.3 Å². The molecule has 1 aromatic carbocycles. The molecule has 2 aromatic heterocycles. The zero-order chi connectivity index (χ0) is 17.6. The van der Waals surface area contributed by atoms with Crippen LogP contribution in [0.25, 0.3) is 11.4 Å². The van der Waals surface area contributed by atoms with E-state index in [1.165, 1.54) is 11.8 Å². The summed E-state index contributed by atoms with van der Waals surface area (Å²) in [6.45, 7) is 2.73. The number of nitrogens with zero attached hydrogens (tertiary/aromatic N) is 3. The van der Waals surface area contributed by atoms with Crippen molar-refractivity contribution in [1.82, 2.24) is 14.8 Å². The Hall–Kier alpha value is -2.19. The summed E-state index contributed by atoms with van der Waals surface area (Å²) in [4.78, 5) is 13.3. The first-order valence-corrected chi connectivity index (χ1v) is 9.94. The summed E-state index contributed by atoms with van der Waals surface area (Å²) in [7, 11) is 0. The largest absolute Gasteiger partial charge is 0.472 e. The van der Waals surface area contributed by atoms with Gasteiger partial charge in [-0.05, 0) is 43.5 Å². The van der Waals surface area contributed by atoms with E-state index in [0.29, 0.717) is 11.7 Å². The number of carbonyl (C=O) groups is 1. The third kappa shape index (κ3) is 4.26. The van der Waals surface area contributed by atoms with Gasteiger partial charge in [-0.15, -0.1) is 22.0 Å². The minimum Gasteiger partial charge on any atom is -0.472 e. The Morgan fingerprint density at radius 2 is 2.04 bits per heavy atom. The molecule has 8 heteroatoms. The first-order chi connectivity index (χ1) is 12.2. The van der Waals surface area contributed by atoms with Crippen LogP contribution in [0.4, 0.5) is 5.69 Å². The molecule has 2 heterocycles. The van der Waals surface area contributed by atoms with Gasteiger partial charge < -0.3 is 14.3 Å². The fourth-order valence-corrected chi connectivity index (χ4v) is 3.50. The normalized spacial score (nSPS) is 10.8. The molecule has 0 unspecified atom stereocenters. The monoisotopic (exact) mass is 374 g/mol. The van der Waals surface area contributed by atoms with Crippen molar-refractivity contribution in [3.63, 3.8) is 0 Å². The number of amides is 1. The summed E-state index contributed by atoms with van der Waals surface area (Å²) in [5.41, 5.74) is 1.67. The fraction of sp³-hybridized carbons (Fsp3) is 0.235. The molecule has 130 valence electrons. The lowest BCUT2D eigenvalue weighted by Crippen LogP contribution is -2.14. The highest BCUT2D eigenvalue weighted by molar-refractivity contribution is 7.99. The summed E-state index contributed by atoms with van der Waals surface area (Å²) in [5.74, 6) is 0.942. The second kappa shape index (κ2) is 8.26. The van der Waals surface area contributed by atoms with Crippen LogP contribution in [0, 0.1) is 0 Å². The van der Waals surface area contributed by atoms with Crippen molar-refractivity contribution >= 4 is 35.1 Å². The van der Waals surface area contributed by atoms with E-state index in [-0.39, 0.29) is 11.7 Å². The molecule has 0 saturated carbocycles. The average molecular weight is 374 g/mol. The Morgan fingerprint density at radius 3 is 2.68 bits per heavy atom. The predicted octanol–water partition coefficient (Wildman–Crippen LogP) is 4.01. The lowest BCUT2D eigenvalue weighted by Gasteiger charge is -2.07. The molecule has 3 aromatic rings. The highest BCUT2D eigenvalue weighted by Crippen LogP contribution is 2.24. The minimum atomic E-state index is -0.0718. The highest BCUT2D eigenvalue weighted by Gasteiger charge is 2.15. The molecule has 0 saturated heterocycles. The molecule has 1 N–H and O–H groups in total. The Bertz CT molecular complexity index is 829. The molecule has 0 aliphatic heterocycles. The van der Waals surface area contributed by atoms with Gasteiger partial charge in [-0.2, -0.15) is 0 Å². The van der Waals surface area contributed by atoms with E-state index in [4.69, 9.17) is 4.42 Å². The van der Waals surface area contributed by atoms with Crippen LogP contribution < -0.4 is 5.32 Å². The first kappa shape index (κ1) is 17.6. The summed E-state index contributed by atoms with van der Waals surface area (Å²) >= 11 is 3.03. The van der Waals surface area contributed by atoms with Gasteiger partial charge in [0.25, 0.3) is 0 Å². The number of benzene rings is 1. The van der Waals surface area contributed by atoms with Crippen molar-refractivity contribution < 1.29 is 9.21 Å². The standard InChI is InChI=1S/C17H18N4O2S2/c1-3-21-16(12-8-9-23-10-12)19-20-17(21)25-11-15(22)18-13-4-6-14(24-2)7-5-13/h4-10H,3,11H2,1-2H3,(H,18,22). The van der Waals surface area contributed by atoms with Crippen LogP contribution in [0.1, 0.15) is 6.92 Å². The maximum atomic E-state index is 12.2. The van der Waals surface area contributed by atoms with Crippen LogP contribution in [0.2, 0.25) is 0 Å². The zero-order valence-electron chi connectivity index (χ0n) is 13.9. The molecular formula is C17H18N4O2S2. The van der Waals surface area contributed by atoms with Crippen LogP contribution in [0.5, 0.6) is 0 Å². The zero-order valence-corrected chi connectivity index (χ0v) is 15.6. The van der Waals surface area contributed by atoms with E-state index >= 15 is 0 Å². The number of hydrogen-bond acceptors (Lipinski definition) is 6. The fourth-order valence-electron chi connectivity index (χ4n) is 2.29. The topological polar surface area (TPSA) is 73.0 Å². The smallest absolute Gasteiger partial charge is 0.234 e. The number of anilines is 1. The highest BCUT2D eigenvalue weighted by atomic mass is 32.2. The van der Waals surface area contributed by atoms with Crippen molar-refractivity contribution in [3.8, 4) is 11.4 Å². The summed E-state index contributed by atoms with van der Waals surface area (Å²) < 4.78 is 7.07. The van der Waals surface area contributed by atoms with Gasteiger partial charge in [-0.1, -0.05) is 11.8 Å². The maximum Gasteiger partial charge on any atom is 0.234 e. The van der Waals surface area contributed by atoms with E-state index < -0.39 is 0 Å². The van der Waals surface area contributed by atoms with Gasteiger partial charge >= 0.3 is 0 Å². The Morgan fingerprint density at radius 1 is 1.24 bits per heavy atom. The SMILES string of the molecule is CCn1c(SCC(=O)Nc2ccc(SC)cc2)nnc1-c1ccoc1. The van der Waals surface area contributed by atoms with Gasteiger partial charge in [-0.25, -0.2) is 0 Å². The van der Waals surface area contributed by atoms with Crippen molar-refractivity contribution in [2.24, 2.45) is 0 Å². The molecule has 0 fully saturated rings. The van der Waals surface area contributed by atoms with Crippen molar-refractivity contribution in [2.45, 2.75) is 23.5 Å². The number of hydrogen-bond donors (Lipinski definition) is 1. The minimum absolute atomic E-state index is 0.0718. The van der Waals surface area contributed by atoms with Gasteiger partial charge in [0, 0.05) is 17.1 Å². The van der Waals surface area contributed by atoms with Gasteiger partial charge in [-0.3, -0.25) is 4.79 Å². The molecule has 6 nitrogen and oxygen atoms in total. The van der Waals surface area contributed by atoms with Crippen molar-refractivity contribution in [1.29, 1.82) is 0 Å². The quantitative estimate of drug-likeness (QED) is 0.630.